The standard InChI is InChI=1S/C11H24N2/c1-9(2)7-6-8-13-10(12)11(3,4)5/h9H,6-8H2,1-5H3,(H2,12,13). The summed E-state index contributed by atoms with van der Waals surface area (Å²) in [6.07, 6.45) is 2.40. The first-order valence-electron chi connectivity index (χ1n) is 5.17. The van der Waals surface area contributed by atoms with Gasteiger partial charge in [-0.1, -0.05) is 34.6 Å². The van der Waals surface area contributed by atoms with Crippen molar-refractivity contribution in [3.8, 4) is 0 Å². The summed E-state index contributed by atoms with van der Waals surface area (Å²) in [6, 6.07) is 0. The summed E-state index contributed by atoms with van der Waals surface area (Å²) in [4.78, 5) is 0. The quantitative estimate of drug-likeness (QED) is 0.393. The van der Waals surface area contributed by atoms with E-state index in [4.69, 9.17) is 5.41 Å². The van der Waals surface area contributed by atoms with Crippen LogP contribution < -0.4 is 5.32 Å². The highest BCUT2D eigenvalue weighted by atomic mass is 14.9. The molecule has 2 nitrogen and oxygen atoms in total. The molecule has 78 valence electrons. The van der Waals surface area contributed by atoms with Crippen LogP contribution >= 0.6 is 0 Å². The van der Waals surface area contributed by atoms with Gasteiger partial charge >= 0.3 is 0 Å². The van der Waals surface area contributed by atoms with Crippen LogP contribution in [0.2, 0.25) is 0 Å². The molecule has 0 fully saturated rings. The Morgan fingerprint density at radius 3 is 2.23 bits per heavy atom. The van der Waals surface area contributed by atoms with Crippen molar-refractivity contribution in [2.75, 3.05) is 6.54 Å². The molecule has 2 heteroatoms. The minimum Gasteiger partial charge on any atom is -0.374 e. The van der Waals surface area contributed by atoms with Crippen LogP contribution in [0.4, 0.5) is 0 Å². The Hall–Kier alpha value is -0.530. The molecule has 0 heterocycles. The van der Waals surface area contributed by atoms with Crippen LogP contribution in [-0.2, 0) is 0 Å². The van der Waals surface area contributed by atoms with E-state index in [-0.39, 0.29) is 5.41 Å². The van der Waals surface area contributed by atoms with Gasteiger partial charge in [-0.2, -0.15) is 0 Å². The van der Waals surface area contributed by atoms with Gasteiger partial charge in [-0.05, 0) is 18.8 Å². The second-order valence-electron chi connectivity index (χ2n) is 5.09. The van der Waals surface area contributed by atoms with E-state index in [0.717, 1.165) is 18.9 Å². The third-order valence-corrected chi connectivity index (χ3v) is 2.01. The molecule has 0 unspecified atom stereocenters. The Morgan fingerprint density at radius 1 is 1.31 bits per heavy atom. The van der Waals surface area contributed by atoms with Crippen LogP contribution in [0.5, 0.6) is 0 Å². The third kappa shape index (κ3) is 6.62. The van der Waals surface area contributed by atoms with Crippen LogP contribution in [-0.4, -0.2) is 12.4 Å². The van der Waals surface area contributed by atoms with Crippen molar-refractivity contribution in [1.82, 2.24) is 5.32 Å². The predicted molar refractivity (Wildman–Crippen MR) is 59.3 cm³/mol. The maximum Gasteiger partial charge on any atom is 0.0986 e. The zero-order valence-electron chi connectivity index (χ0n) is 9.70. The van der Waals surface area contributed by atoms with Gasteiger partial charge in [0.05, 0.1) is 5.84 Å². The molecule has 0 amide bonds. The van der Waals surface area contributed by atoms with Crippen molar-refractivity contribution in [3.63, 3.8) is 0 Å². The highest BCUT2D eigenvalue weighted by Gasteiger charge is 2.15. The molecule has 0 aromatic rings. The zero-order chi connectivity index (χ0) is 10.5. The second kappa shape index (κ2) is 5.25. The number of nitrogens with one attached hydrogen (secondary N) is 2. The van der Waals surface area contributed by atoms with Crippen molar-refractivity contribution in [2.45, 2.75) is 47.5 Å². The average molecular weight is 184 g/mol. The van der Waals surface area contributed by atoms with Crippen LogP contribution in [0.25, 0.3) is 0 Å². The lowest BCUT2D eigenvalue weighted by Crippen LogP contribution is -2.34. The lowest BCUT2D eigenvalue weighted by atomic mass is 9.95. The van der Waals surface area contributed by atoms with Crippen LogP contribution in [0, 0.1) is 16.7 Å². The van der Waals surface area contributed by atoms with Gasteiger partial charge in [0, 0.05) is 12.0 Å². The van der Waals surface area contributed by atoms with E-state index < -0.39 is 0 Å². The molecule has 0 rings (SSSR count). The predicted octanol–water partition coefficient (Wildman–Crippen LogP) is 3.04. The molecule has 0 saturated heterocycles. The molecule has 13 heavy (non-hydrogen) atoms. The first kappa shape index (κ1) is 12.5. The van der Waals surface area contributed by atoms with Gasteiger partial charge in [0.2, 0.25) is 0 Å². The van der Waals surface area contributed by atoms with E-state index in [9.17, 15) is 0 Å². The molecule has 0 atom stereocenters. The minimum atomic E-state index is -0.0299. The Kier molecular flexibility index (Phi) is 5.04. The molecule has 0 aliphatic rings. The van der Waals surface area contributed by atoms with E-state index in [1.807, 2.05) is 0 Å². The Balaban J connectivity index is 3.49. The van der Waals surface area contributed by atoms with Crippen LogP contribution in [0.15, 0.2) is 0 Å². The Morgan fingerprint density at radius 2 is 1.85 bits per heavy atom. The second-order valence-corrected chi connectivity index (χ2v) is 5.09. The zero-order valence-corrected chi connectivity index (χ0v) is 9.70. The highest BCUT2D eigenvalue weighted by molar-refractivity contribution is 5.83. The fourth-order valence-electron chi connectivity index (χ4n) is 0.989. The topological polar surface area (TPSA) is 35.9 Å². The van der Waals surface area contributed by atoms with E-state index in [2.05, 4.69) is 39.9 Å². The van der Waals surface area contributed by atoms with Gasteiger partial charge in [-0.25, -0.2) is 0 Å². The van der Waals surface area contributed by atoms with Gasteiger partial charge in [0.25, 0.3) is 0 Å². The van der Waals surface area contributed by atoms with Crippen LogP contribution in [0.1, 0.15) is 47.5 Å². The maximum absolute atomic E-state index is 7.71. The SMILES string of the molecule is CC(C)CCCNC(=N)C(C)(C)C. The lowest BCUT2D eigenvalue weighted by Gasteiger charge is -2.21. The van der Waals surface area contributed by atoms with Gasteiger partial charge in [-0.3, -0.25) is 5.41 Å². The molecule has 0 aromatic carbocycles. The molecular weight excluding hydrogens is 160 g/mol. The van der Waals surface area contributed by atoms with Crippen molar-refractivity contribution in [3.05, 3.63) is 0 Å². The Labute approximate surface area is 82.6 Å². The molecule has 0 bridgehead atoms. The van der Waals surface area contributed by atoms with E-state index >= 15 is 0 Å². The van der Waals surface area contributed by atoms with Crippen molar-refractivity contribution in [2.24, 2.45) is 11.3 Å². The summed E-state index contributed by atoms with van der Waals surface area (Å²) in [7, 11) is 0. The molecule has 0 saturated carbocycles. The molecule has 0 spiro atoms. The average Bonchev–Trinajstić information content (AvgIpc) is 1.95. The number of rotatable bonds is 4. The maximum atomic E-state index is 7.71. The van der Waals surface area contributed by atoms with Gasteiger partial charge in [-0.15, -0.1) is 0 Å². The Bertz CT molecular complexity index is 154. The molecule has 0 aliphatic heterocycles. The van der Waals surface area contributed by atoms with E-state index in [1.54, 1.807) is 0 Å². The molecule has 2 N–H and O–H groups in total. The molecule has 0 radical (unpaired) electrons. The first-order chi connectivity index (χ1) is 5.84. The summed E-state index contributed by atoms with van der Waals surface area (Å²) in [5.74, 6) is 1.42. The van der Waals surface area contributed by atoms with Crippen molar-refractivity contribution in [1.29, 1.82) is 5.41 Å². The van der Waals surface area contributed by atoms with E-state index in [1.165, 1.54) is 6.42 Å². The minimum absolute atomic E-state index is 0.0299. The number of hydrogen-bond acceptors (Lipinski definition) is 1. The third-order valence-electron chi connectivity index (χ3n) is 2.01. The molecule has 0 aromatic heterocycles. The lowest BCUT2D eigenvalue weighted by molar-refractivity contribution is 0.526. The van der Waals surface area contributed by atoms with Crippen molar-refractivity contribution >= 4 is 5.84 Å². The van der Waals surface area contributed by atoms with Crippen LogP contribution in [0.3, 0.4) is 0 Å². The van der Waals surface area contributed by atoms with Crippen molar-refractivity contribution < 1.29 is 0 Å². The molecule has 0 aliphatic carbocycles. The number of amidine groups is 1. The fourth-order valence-corrected chi connectivity index (χ4v) is 0.989. The largest absolute Gasteiger partial charge is 0.374 e. The summed E-state index contributed by atoms with van der Waals surface area (Å²) >= 11 is 0. The highest BCUT2D eigenvalue weighted by Crippen LogP contribution is 2.12. The summed E-state index contributed by atoms with van der Waals surface area (Å²) < 4.78 is 0. The van der Waals surface area contributed by atoms with E-state index in [0.29, 0.717) is 5.84 Å². The van der Waals surface area contributed by atoms with Gasteiger partial charge in [0.1, 0.15) is 0 Å². The summed E-state index contributed by atoms with van der Waals surface area (Å²) in [5.41, 5.74) is -0.0299. The monoisotopic (exact) mass is 184 g/mol. The normalized spacial score (nSPS) is 11.8. The smallest absolute Gasteiger partial charge is 0.0986 e. The van der Waals surface area contributed by atoms with Gasteiger partial charge < -0.3 is 5.32 Å². The fraction of sp³-hybridized carbons (Fsp3) is 0.909. The first-order valence-corrected chi connectivity index (χ1v) is 5.17. The van der Waals surface area contributed by atoms with Gasteiger partial charge in [0.15, 0.2) is 0 Å². The summed E-state index contributed by atoms with van der Waals surface area (Å²) in [6.45, 7) is 11.6. The summed E-state index contributed by atoms with van der Waals surface area (Å²) in [5, 5.41) is 10.9. The number of hydrogen-bond donors (Lipinski definition) is 2. The molecular formula is C11H24N2.